The maximum Gasteiger partial charge on any atom is 0.326 e. The summed E-state index contributed by atoms with van der Waals surface area (Å²) in [5.41, 5.74) is 1.14. The van der Waals surface area contributed by atoms with Gasteiger partial charge in [-0.2, -0.15) is 4.99 Å². The number of carbonyl (C=O) groups excluding carboxylic acids is 2. The minimum absolute atomic E-state index is 0.0104. The monoisotopic (exact) mass is 363 g/mol. The standard InChI is InChI=1S/C16H14FN3O4S/c1-3-23-14(21)8-20-11-5-4-10(17)7-13(11)25-16(20)18-15(22)12-6-9(2)19-24-12/h4-7H,3,8H2,1-2H3. The first-order chi connectivity index (χ1) is 12.0. The van der Waals surface area contributed by atoms with Gasteiger partial charge in [0.15, 0.2) is 4.80 Å². The molecule has 0 aliphatic carbocycles. The summed E-state index contributed by atoms with van der Waals surface area (Å²) in [6.45, 7) is 3.48. The van der Waals surface area contributed by atoms with Crippen LogP contribution in [0, 0.1) is 12.7 Å². The van der Waals surface area contributed by atoms with Crippen LogP contribution >= 0.6 is 11.3 Å². The maximum absolute atomic E-state index is 13.5. The molecular weight excluding hydrogens is 349 g/mol. The summed E-state index contributed by atoms with van der Waals surface area (Å²) in [6, 6.07) is 5.60. The number of ether oxygens (including phenoxy) is 1. The number of benzene rings is 1. The smallest absolute Gasteiger partial charge is 0.326 e. The lowest BCUT2D eigenvalue weighted by atomic mass is 10.3. The van der Waals surface area contributed by atoms with Gasteiger partial charge >= 0.3 is 11.9 Å². The second kappa shape index (κ2) is 6.98. The summed E-state index contributed by atoms with van der Waals surface area (Å²) < 4.78 is 25.4. The summed E-state index contributed by atoms with van der Waals surface area (Å²) in [5, 5.41) is 3.65. The van der Waals surface area contributed by atoms with Gasteiger partial charge < -0.3 is 13.8 Å². The van der Waals surface area contributed by atoms with Crippen molar-refractivity contribution in [2.45, 2.75) is 20.4 Å². The number of aromatic nitrogens is 2. The topological polar surface area (TPSA) is 86.7 Å². The quantitative estimate of drug-likeness (QED) is 0.665. The van der Waals surface area contributed by atoms with Crippen LogP contribution < -0.4 is 4.80 Å². The van der Waals surface area contributed by atoms with Crippen LogP contribution in [0.25, 0.3) is 10.2 Å². The molecule has 130 valence electrons. The molecule has 3 aromatic rings. The molecule has 0 atom stereocenters. The molecule has 7 nitrogen and oxygen atoms in total. The van der Waals surface area contributed by atoms with Crippen LogP contribution in [0.4, 0.5) is 4.39 Å². The summed E-state index contributed by atoms with van der Waals surface area (Å²) in [6.07, 6.45) is 0. The van der Waals surface area contributed by atoms with E-state index in [1.165, 1.54) is 28.8 Å². The summed E-state index contributed by atoms with van der Waals surface area (Å²) in [7, 11) is 0. The van der Waals surface area contributed by atoms with Gasteiger partial charge in [0.05, 0.1) is 22.5 Å². The molecule has 0 fully saturated rings. The van der Waals surface area contributed by atoms with Crippen LogP contribution in [0.3, 0.4) is 0 Å². The zero-order chi connectivity index (χ0) is 18.0. The van der Waals surface area contributed by atoms with Gasteiger partial charge in [-0.25, -0.2) is 4.39 Å². The van der Waals surface area contributed by atoms with Crippen molar-refractivity contribution in [3.05, 3.63) is 46.3 Å². The van der Waals surface area contributed by atoms with E-state index in [1.807, 2.05) is 0 Å². The Morgan fingerprint density at radius 2 is 2.20 bits per heavy atom. The molecule has 0 radical (unpaired) electrons. The summed E-state index contributed by atoms with van der Waals surface area (Å²) in [5.74, 6) is -1.54. The molecule has 0 unspecified atom stereocenters. The lowest BCUT2D eigenvalue weighted by Gasteiger charge is -2.04. The van der Waals surface area contributed by atoms with Crippen molar-refractivity contribution in [3.63, 3.8) is 0 Å². The number of nitrogens with zero attached hydrogens (tertiary/aromatic N) is 3. The molecule has 9 heteroatoms. The fourth-order valence-electron chi connectivity index (χ4n) is 2.23. The van der Waals surface area contributed by atoms with Crippen LogP contribution in [0.2, 0.25) is 0 Å². The highest BCUT2D eigenvalue weighted by Gasteiger charge is 2.15. The van der Waals surface area contributed by atoms with Crippen LogP contribution in [-0.4, -0.2) is 28.2 Å². The fraction of sp³-hybridized carbons (Fsp3) is 0.250. The molecule has 0 aliphatic rings. The molecule has 0 aliphatic heterocycles. The van der Waals surface area contributed by atoms with E-state index in [4.69, 9.17) is 9.26 Å². The van der Waals surface area contributed by atoms with Gasteiger partial charge in [-0.15, -0.1) is 0 Å². The molecule has 2 aromatic heterocycles. The minimum atomic E-state index is -0.634. The van der Waals surface area contributed by atoms with Gasteiger partial charge in [0.25, 0.3) is 0 Å². The van der Waals surface area contributed by atoms with Crippen molar-refractivity contribution in [1.29, 1.82) is 0 Å². The summed E-state index contributed by atoms with van der Waals surface area (Å²) in [4.78, 5) is 28.3. The highest BCUT2D eigenvalue weighted by Crippen LogP contribution is 2.19. The van der Waals surface area contributed by atoms with Gasteiger partial charge in [-0.3, -0.25) is 9.59 Å². The molecule has 0 bridgehead atoms. The van der Waals surface area contributed by atoms with Crippen molar-refractivity contribution in [2.24, 2.45) is 4.99 Å². The zero-order valence-corrected chi connectivity index (χ0v) is 14.3. The van der Waals surface area contributed by atoms with Crippen LogP contribution in [0.1, 0.15) is 23.2 Å². The van der Waals surface area contributed by atoms with Crippen molar-refractivity contribution in [1.82, 2.24) is 9.72 Å². The second-order valence-corrected chi connectivity index (χ2v) is 6.15. The number of thiazole rings is 1. The van der Waals surface area contributed by atoms with E-state index >= 15 is 0 Å². The minimum Gasteiger partial charge on any atom is -0.465 e. The van der Waals surface area contributed by atoms with E-state index in [2.05, 4.69) is 10.1 Å². The van der Waals surface area contributed by atoms with Crippen LogP contribution in [0.15, 0.2) is 33.8 Å². The predicted molar refractivity (Wildman–Crippen MR) is 87.5 cm³/mol. The fourth-order valence-corrected chi connectivity index (χ4v) is 3.28. The van der Waals surface area contributed by atoms with Crippen LogP contribution in [-0.2, 0) is 16.1 Å². The predicted octanol–water partition coefficient (Wildman–Crippen LogP) is 2.44. The number of carbonyl (C=O) groups is 2. The Hall–Kier alpha value is -2.81. The number of aryl methyl sites for hydroxylation is 1. The molecule has 2 heterocycles. The number of halogens is 1. The maximum atomic E-state index is 13.5. The number of rotatable bonds is 4. The van der Waals surface area contributed by atoms with Gasteiger partial charge in [-0.1, -0.05) is 16.5 Å². The van der Waals surface area contributed by atoms with E-state index in [-0.39, 0.29) is 23.7 Å². The number of esters is 1. The molecule has 0 saturated carbocycles. The second-order valence-electron chi connectivity index (χ2n) is 5.14. The zero-order valence-electron chi connectivity index (χ0n) is 13.5. The third kappa shape index (κ3) is 3.66. The Bertz CT molecular complexity index is 1020. The summed E-state index contributed by atoms with van der Waals surface area (Å²) >= 11 is 1.09. The van der Waals surface area contributed by atoms with E-state index in [9.17, 15) is 14.0 Å². The van der Waals surface area contributed by atoms with Crippen molar-refractivity contribution < 1.29 is 23.2 Å². The van der Waals surface area contributed by atoms with Gasteiger partial charge in [0.1, 0.15) is 12.4 Å². The van der Waals surface area contributed by atoms with Crippen molar-refractivity contribution in [2.75, 3.05) is 6.61 Å². The molecular formula is C16H14FN3O4S. The Morgan fingerprint density at radius 3 is 2.88 bits per heavy atom. The van der Waals surface area contributed by atoms with Crippen LogP contribution in [0.5, 0.6) is 0 Å². The molecule has 1 amide bonds. The number of hydrogen-bond donors (Lipinski definition) is 0. The lowest BCUT2D eigenvalue weighted by molar-refractivity contribution is -0.143. The largest absolute Gasteiger partial charge is 0.465 e. The molecule has 25 heavy (non-hydrogen) atoms. The van der Waals surface area contributed by atoms with E-state index < -0.39 is 17.7 Å². The number of amides is 1. The average Bonchev–Trinajstić information content (AvgIpc) is 3.12. The SMILES string of the molecule is CCOC(=O)Cn1c(=NC(=O)c2cc(C)no2)sc2cc(F)ccc21. The Morgan fingerprint density at radius 1 is 1.40 bits per heavy atom. The Labute approximate surface area is 145 Å². The molecule has 0 spiro atoms. The molecule has 0 N–H and O–H groups in total. The van der Waals surface area contributed by atoms with Gasteiger partial charge in [-0.05, 0) is 32.0 Å². The number of fused-ring (bicyclic) bond motifs is 1. The van der Waals surface area contributed by atoms with E-state index in [0.29, 0.717) is 15.9 Å². The Kier molecular flexibility index (Phi) is 4.75. The molecule has 0 saturated heterocycles. The molecule has 1 aromatic carbocycles. The van der Waals surface area contributed by atoms with Crippen molar-refractivity contribution in [3.8, 4) is 0 Å². The lowest BCUT2D eigenvalue weighted by Crippen LogP contribution is -2.23. The Balaban J connectivity index is 2.10. The number of hydrogen-bond acceptors (Lipinski definition) is 6. The van der Waals surface area contributed by atoms with Gasteiger partial charge in [0, 0.05) is 6.07 Å². The first kappa shape index (κ1) is 17.0. The molecule has 3 rings (SSSR count). The highest BCUT2D eigenvalue weighted by molar-refractivity contribution is 7.16. The third-order valence-corrected chi connectivity index (χ3v) is 4.31. The first-order valence-corrected chi connectivity index (χ1v) is 8.26. The van der Waals surface area contributed by atoms with Gasteiger partial charge in [0.2, 0.25) is 5.76 Å². The van der Waals surface area contributed by atoms with E-state index in [0.717, 1.165) is 11.3 Å². The van der Waals surface area contributed by atoms with E-state index in [1.54, 1.807) is 13.8 Å². The first-order valence-electron chi connectivity index (χ1n) is 7.45. The normalized spacial score (nSPS) is 11.9. The van der Waals surface area contributed by atoms with Crippen molar-refractivity contribution >= 4 is 33.4 Å². The average molecular weight is 363 g/mol. The third-order valence-electron chi connectivity index (χ3n) is 3.27. The highest BCUT2D eigenvalue weighted by atomic mass is 32.1.